The van der Waals surface area contributed by atoms with E-state index in [1.165, 1.54) is 10.9 Å². The lowest BCUT2D eigenvalue weighted by molar-refractivity contribution is -0.728. The average molecular weight is 286 g/mol. The van der Waals surface area contributed by atoms with Gasteiger partial charge in [0.25, 0.3) is 0 Å². The molecule has 0 fully saturated rings. The van der Waals surface area contributed by atoms with Gasteiger partial charge in [-0.25, -0.2) is 0 Å². The summed E-state index contributed by atoms with van der Waals surface area (Å²) in [7, 11) is 1.94. The predicted molar refractivity (Wildman–Crippen MR) is 47.7 cm³/mol. The Bertz CT molecular complexity index is 426. The number of aryl methyl sites for hydroxylation is 2. The van der Waals surface area contributed by atoms with Gasteiger partial charge in [0, 0.05) is 10.9 Å². The molecule has 0 saturated carbocycles. The first-order chi connectivity index (χ1) is 5.77. The Morgan fingerprint density at radius 1 is 1.23 bits per heavy atom. The molecule has 1 aromatic carbocycles. The van der Waals surface area contributed by atoms with E-state index in [-0.39, 0.29) is 24.0 Å². The highest BCUT2D eigenvalue weighted by molar-refractivity contribution is 5.80. The maximum Gasteiger partial charge on any atom is 0.199 e. The van der Waals surface area contributed by atoms with E-state index < -0.39 is 0 Å². The van der Waals surface area contributed by atoms with Crippen molar-refractivity contribution in [1.82, 2.24) is 5.10 Å². The van der Waals surface area contributed by atoms with E-state index in [1.807, 2.05) is 36.1 Å². The largest absolute Gasteiger partial charge is 1.00 e. The number of nitrogens with zero attached hydrogens (tertiary/aromatic N) is 2. The highest BCUT2D eigenvalue weighted by Crippen LogP contribution is 2.12. The lowest BCUT2D eigenvalue weighted by Gasteiger charge is -1.96. The Morgan fingerprint density at radius 3 is 2.69 bits per heavy atom. The van der Waals surface area contributed by atoms with Gasteiger partial charge in [0.05, 0.1) is 0 Å². The van der Waals surface area contributed by atoms with Gasteiger partial charge in [-0.05, 0) is 18.1 Å². The molecule has 0 spiro atoms. The summed E-state index contributed by atoms with van der Waals surface area (Å²) in [5, 5.41) is 5.59. The summed E-state index contributed by atoms with van der Waals surface area (Å²) in [6.07, 6.45) is 2.03. The molecular weight excluding hydrogens is 275 g/mol. The quantitative estimate of drug-likeness (QED) is 0.420. The highest BCUT2D eigenvalue weighted by atomic mass is 127. The normalized spacial score (nSPS) is 9.69. The SMILES string of the molecule is Cc1c[n+](C)nc2ccccc12.[I-]. The van der Waals surface area contributed by atoms with E-state index in [0.717, 1.165) is 5.52 Å². The van der Waals surface area contributed by atoms with Gasteiger partial charge in [0.1, 0.15) is 5.52 Å². The molecule has 0 radical (unpaired) electrons. The maximum absolute atomic E-state index is 4.35. The molecule has 1 aromatic heterocycles. The van der Waals surface area contributed by atoms with E-state index in [4.69, 9.17) is 0 Å². The maximum atomic E-state index is 4.35. The fourth-order valence-electron chi connectivity index (χ4n) is 1.44. The number of halogens is 1. The number of fused-ring (bicyclic) bond motifs is 1. The molecule has 0 unspecified atom stereocenters. The number of hydrogen-bond donors (Lipinski definition) is 0. The van der Waals surface area contributed by atoms with Crippen molar-refractivity contribution >= 4 is 10.9 Å². The summed E-state index contributed by atoms with van der Waals surface area (Å²) >= 11 is 0. The summed E-state index contributed by atoms with van der Waals surface area (Å²) in [4.78, 5) is 0. The van der Waals surface area contributed by atoms with Gasteiger partial charge in [-0.3, -0.25) is 0 Å². The van der Waals surface area contributed by atoms with E-state index in [0.29, 0.717) is 0 Å². The molecule has 0 bridgehead atoms. The van der Waals surface area contributed by atoms with Crippen LogP contribution in [0.5, 0.6) is 0 Å². The van der Waals surface area contributed by atoms with Crippen LogP contribution in [0.25, 0.3) is 10.9 Å². The van der Waals surface area contributed by atoms with Crippen LogP contribution >= 0.6 is 0 Å². The van der Waals surface area contributed by atoms with Gasteiger partial charge in [-0.2, -0.15) is 0 Å². The number of rotatable bonds is 0. The second-order valence-electron chi connectivity index (χ2n) is 3.00. The molecule has 0 aliphatic carbocycles. The van der Waals surface area contributed by atoms with Crippen molar-refractivity contribution in [1.29, 1.82) is 0 Å². The van der Waals surface area contributed by atoms with Crippen LogP contribution in [0.2, 0.25) is 0 Å². The first kappa shape index (κ1) is 10.4. The van der Waals surface area contributed by atoms with Crippen LogP contribution in [0.4, 0.5) is 0 Å². The number of aromatic nitrogens is 2. The van der Waals surface area contributed by atoms with Gasteiger partial charge in [0.2, 0.25) is 0 Å². The highest BCUT2D eigenvalue weighted by Gasteiger charge is 2.03. The van der Waals surface area contributed by atoms with E-state index in [2.05, 4.69) is 18.1 Å². The number of hydrogen-bond acceptors (Lipinski definition) is 1. The third-order valence-corrected chi connectivity index (χ3v) is 1.97. The van der Waals surface area contributed by atoms with Crippen LogP contribution in [0.1, 0.15) is 5.56 Å². The molecule has 2 rings (SSSR count). The Hall–Kier alpha value is -0.710. The molecule has 1 heterocycles. The third kappa shape index (κ3) is 1.96. The van der Waals surface area contributed by atoms with Crippen molar-refractivity contribution in [2.24, 2.45) is 7.05 Å². The minimum Gasteiger partial charge on any atom is -1.00 e. The fourth-order valence-corrected chi connectivity index (χ4v) is 1.44. The van der Waals surface area contributed by atoms with Crippen molar-refractivity contribution in [2.45, 2.75) is 6.92 Å². The minimum absolute atomic E-state index is 0. The average Bonchev–Trinajstić information content (AvgIpc) is 2.04. The zero-order valence-electron chi connectivity index (χ0n) is 7.66. The fraction of sp³-hybridized carbons (Fsp3) is 0.200. The lowest BCUT2D eigenvalue weighted by Crippen LogP contribution is -3.00. The van der Waals surface area contributed by atoms with Gasteiger partial charge in [-0.15, -0.1) is 0 Å². The molecule has 0 atom stereocenters. The Balaban J connectivity index is 0.000000845. The zero-order chi connectivity index (χ0) is 8.55. The van der Waals surface area contributed by atoms with Crippen LogP contribution in [0.15, 0.2) is 30.5 Å². The predicted octanol–water partition coefficient (Wildman–Crippen LogP) is -1.63. The van der Waals surface area contributed by atoms with Gasteiger partial charge < -0.3 is 24.0 Å². The first-order valence-electron chi connectivity index (χ1n) is 4.00. The van der Waals surface area contributed by atoms with Crippen molar-refractivity contribution in [3.05, 3.63) is 36.0 Å². The zero-order valence-corrected chi connectivity index (χ0v) is 9.82. The molecule has 2 nitrogen and oxygen atoms in total. The van der Waals surface area contributed by atoms with Crippen LogP contribution in [-0.2, 0) is 7.05 Å². The molecule has 2 aromatic rings. The van der Waals surface area contributed by atoms with Crippen molar-refractivity contribution < 1.29 is 28.7 Å². The van der Waals surface area contributed by atoms with Crippen molar-refractivity contribution in [2.75, 3.05) is 0 Å². The van der Waals surface area contributed by atoms with Gasteiger partial charge in [-0.1, -0.05) is 22.9 Å². The molecular formula is C10H11IN2. The standard InChI is InChI=1S/C10H11N2.HI/c1-8-7-12(2)11-10-6-4-3-5-9(8)10;/h3-7H,1-2H3;1H/q+1;/p-1. The molecule has 0 aliphatic heterocycles. The second kappa shape index (κ2) is 4.00. The number of benzene rings is 1. The summed E-state index contributed by atoms with van der Waals surface area (Å²) in [5.41, 5.74) is 2.32. The first-order valence-corrected chi connectivity index (χ1v) is 4.00. The monoisotopic (exact) mass is 286 g/mol. The second-order valence-corrected chi connectivity index (χ2v) is 3.00. The minimum atomic E-state index is 0. The molecule has 0 amide bonds. The van der Waals surface area contributed by atoms with Crippen LogP contribution in [-0.4, -0.2) is 5.10 Å². The Labute approximate surface area is 94.6 Å². The van der Waals surface area contributed by atoms with Crippen molar-refractivity contribution in [3.63, 3.8) is 0 Å². The van der Waals surface area contributed by atoms with E-state index in [1.54, 1.807) is 0 Å². The lowest BCUT2D eigenvalue weighted by atomic mass is 10.1. The summed E-state index contributed by atoms with van der Waals surface area (Å²) in [6, 6.07) is 8.17. The van der Waals surface area contributed by atoms with Gasteiger partial charge in [0.15, 0.2) is 13.2 Å². The Kier molecular flexibility index (Phi) is 3.19. The molecule has 0 N–H and O–H groups in total. The van der Waals surface area contributed by atoms with Crippen LogP contribution in [0.3, 0.4) is 0 Å². The topological polar surface area (TPSA) is 16.8 Å². The molecule has 13 heavy (non-hydrogen) atoms. The molecule has 3 heteroatoms. The summed E-state index contributed by atoms with van der Waals surface area (Å²) < 4.78 is 1.84. The van der Waals surface area contributed by atoms with E-state index >= 15 is 0 Å². The molecule has 0 aliphatic rings. The van der Waals surface area contributed by atoms with Crippen LogP contribution in [0, 0.1) is 6.92 Å². The molecule has 68 valence electrons. The van der Waals surface area contributed by atoms with Crippen molar-refractivity contribution in [3.8, 4) is 0 Å². The third-order valence-electron chi connectivity index (χ3n) is 1.97. The molecule has 0 saturated heterocycles. The Morgan fingerprint density at radius 2 is 1.92 bits per heavy atom. The summed E-state index contributed by atoms with van der Waals surface area (Å²) in [6.45, 7) is 2.10. The summed E-state index contributed by atoms with van der Waals surface area (Å²) in [5.74, 6) is 0. The van der Waals surface area contributed by atoms with E-state index in [9.17, 15) is 0 Å². The van der Waals surface area contributed by atoms with Gasteiger partial charge >= 0.3 is 0 Å². The van der Waals surface area contributed by atoms with Crippen LogP contribution < -0.4 is 28.7 Å². The smallest absolute Gasteiger partial charge is 0.199 e.